The fourth-order valence-corrected chi connectivity index (χ4v) is 4.08. The molecule has 28 heavy (non-hydrogen) atoms. The minimum absolute atomic E-state index is 0.246. The number of nitrogens with zero attached hydrogens (tertiary/aromatic N) is 1. The van der Waals surface area contributed by atoms with Crippen molar-refractivity contribution in [1.82, 2.24) is 4.90 Å². The van der Waals surface area contributed by atoms with E-state index in [9.17, 15) is 4.79 Å². The summed E-state index contributed by atoms with van der Waals surface area (Å²) in [6.07, 6.45) is 0.663. The maximum absolute atomic E-state index is 12.3. The molecular formula is C23H25NO4. The van der Waals surface area contributed by atoms with Gasteiger partial charge >= 0.3 is 5.63 Å². The molecule has 0 atom stereocenters. The van der Waals surface area contributed by atoms with E-state index in [2.05, 4.69) is 17.0 Å². The van der Waals surface area contributed by atoms with E-state index < -0.39 is 0 Å². The molecule has 0 amide bonds. The first-order valence-electron chi connectivity index (χ1n) is 9.59. The molecule has 1 aromatic heterocycles. The van der Waals surface area contributed by atoms with E-state index in [0.717, 1.165) is 57.8 Å². The lowest BCUT2D eigenvalue weighted by Gasteiger charge is -2.30. The van der Waals surface area contributed by atoms with Crippen LogP contribution in [0.1, 0.15) is 34.7 Å². The van der Waals surface area contributed by atoms with Crippen LogP contribution >= 0.6 is 0 Å². The summed E-state index contributed by atoms with van der Waals surface area (Å²) in [5, 5.41) is 0.996. The van der Waals surface area contributed by atoms with Crippen molar-refractivity contribution < 1.29 is 13.9 Å². The first kappa shape index (κ1) is 18.6. The average molecular weight is 379 g/mol. The van der Waals surface area contributed by atoms with Crippen molar-refractivity contribution in [2.75, 3.05) is 13.8 Å². The molecule has 146 valence electrons. The van der Waals surface area contributed by atoms with Gasteiger partial charge in [-0.15, -0.1) is 0 Å². The van der Waals surface area contributed by atoms with Crippen LogP contribution in [-0.2, 0) is 19.5 Å². The van der Waals surface area contributed by atoms with Crippen LogP contribution < -0.4 is 15.1 Å². The lowest BCUT2D eigenvalue weighted by Crippen LogP contribution is -2.32. The zero-order chi connectivity index (χ0) is 19.8. The second-order valence-corrected chi connectivity index (χ2v) is 7.29. The molecule has 0 aliphatic carbocycles. The molecule has 1 aliphatic heterocycles. The number of methoxy groups -OCH3 is 1. The van der Waals surface area contributed by atoms with Crippen LogP contribution in [0.5, 0.6) is 11.5 Å². The van der Waals surface area contributed by atoms with Crippen molar-refractivity contribution in [3.63, 3.8) is 0 Å². The third-order valence-electron chi connectivity index (χ3n) is 5.56. The van der Waals surface area contributed by atoms with E-state index in [4.69, 9.17) is 13.9 Å². The number of fused-ring (bicyclic) bond motifs is 2. The summed E-state index contributed by atoms with van der Waals surface area (Å²) in [4.78, 5) is 14.5. The van der Waals surface area contributed by atoms with Gasteiger partial charge in [0.05, 0.1) is 7.11 Å². The molecule has 5 heteroatoms. The number of para-hydroxylation sites is 1. The Morgan fingerprint density at radius 3 is 2.71 bits per heavy atom. The SMILES string of the molecule is CCc1c(C)c2cc3c(c(C)c2oc1=O)OCN(Cc1ccccc1OC)C3. The van der Waals surface area contributed by atoms with Crippen molar-refractivity contribution in [2.45, 2.75) is 40.3 Å². The van der Waals surface area contributed by atoms with Crippen LogP contribution in [-0.4, -0.2) is 18.7 Å². The zero-order valence-corrected chi connectivity index (χ0v) is 16.8. The standard InChI is InChI=1S/C23H25NO4/c1-5-18-14(2)19-10-17-12-24(11-16-8-6-7-9-20(16)26-4)13-27-21(17)15(3)22(19)28-23(18)25/h6-10H,5,11-13H2,1-4H3. The summed E-state index contributed by atoms with van der Waals surface area (Å²) in [7, 11) is 1.69. The molecule has 5 nitrogen and oxygen atoms in total. The lowest BCUT2D eigenvalue weighted by molar-refractivity contribution is 0.0874. The fourth-order valence-electron chi connectivity index (χ4n) is 4.08. The Labute approximate surface area is 164 Å². The van der Waals surface area contributed by atoms with Crippen LogP contribution in [0.15, 0.2) is 39.5 Å². The number of rotatable bonds is 4. The number of hydrogen-bond donors (Lipinski definition) is 0. The molecule has 0 saturated heterocycles. The first-order valence-corrected chi connectivity index (χ1v) is 9.59. The molecule has 0 saturated carbocycles. The Bertz CT molecular complexity index is 1100. The number of aryl methyl sites for hydroxylation is 2. The van der Waals surface area contributed by atoms with E-state index in [0.29, 0.717) is 18.7 Å². The third-order valence-corrected chi connectivity index (χ3v) is 5.56. The Hall–Kier alpha value is -2.79. The quantitative estimate of drug-likeness (QED) is 0.632. The topological polar surface area (TPSA) is 51.9 Å². The van der Waals surface area contributed by atoms with Crippen LogP contribution in [0, 0.1) is 13.8 Å². The molecule has 3 aromatic rings. The molecule has 4 rings (SSSR count). The van der Waals surface area contributed by atoms with E-state index in [1.165, 1.54) is 0 Å². The largest absolute Gasteiger partial charge is 0.496 e. The van der Waals surface area contributed by atoms with E-state index in [-0.39, 0.29) is 5.63 Å². The molecular weight excluding hydrogens is 354 g/mol. The predicted octanol–water partition coefficient (Wildman–Crippen LogP) is 4.33. The van der Waals surface area contributed by atoms with E-state index in [1.54, 1.807) is 7.11 Å². The highest BCUT2D eigenvalue weighted by Gasteiger charge is 2.24. The molecule has 0 spiro atoms. The summed E-state index contributed by atoms with van der Waals surface area (Å²) in [6.45, 7) is 7.93. The van der Waals surface area contributed by atoms with Crippen LogP contribution in [0.4, 0.5) is 0 Å². The van der Waals surface area contributed by atoms with Gasteiger partial charge in [0.25, 0.3) is 0 Å². The average Bonchev–Trinajstić information content (AvgIpc) is 2.70. The van der Waals surface area contributed by atoms with Gasteiger partial charge in [-0.3, -0.25) is 4.90 Å². The van der Waals surface area contributed by atoms with Gasteiger partial charge in [-0.25, -0.2) is 4.79 Å². The smallest absolute Gasteiger partial charge is 0.339 e. The number of ether oxygens (including phenoxy) is 2. The van der Waals surface area contributed by atoms with Gasteiger partial charge in [0, 0.05) is 40.7 Å². The highest BCUT2D eigenvalue weighted by molar-refractivity contribution is 5.87. The zero-order valence-electron chi connectivity index (χ0n) is 16.8. The Balaban J connectivity index is 1.73. The fraction of sp³-hybridized carbons (Fsp3) is 0.348. The Kier molecular flexibility index (Phi) is 4.85. The van der Waals surface area contributed by atoms with Crippen molar-refractivity contribution in [3.8, 4) is 11.5 Å². The van der Waals surface area contributed by atoms with Crippen molar-refractivity contribution >= 4 is 11.0 Å². The van der Waals surface area contributed by atoms with Gasteiger partial charge in [-0.2, -0.15) is 0 Å². The van der Waals surface area contributed by atoms with Gasteiger partial charge < -0.3 is 13.9 Å². The maximum Gasteiger partial charge on any atom is 0.339 e. The molecule has 0 fully saturated rings. The molecule has 2 aromatic carbocycles. The van der Waals surface area contributed by atoms with Crippen LogP contribution in [0.25, 0.3) is 11.0 Å². The van der Waals surface area contributed by atoms with Crippen LogP contribution in [0.2, 0.25) is 0 Å². The summed E-state index contributed by atoms with van der Waals surface area (Å²) in [6, 6.07) is 10.2. The molecule has 1 aliphatic rings. The highest BCUT2D eigenvalue weighted by atomic mass is 16.5. The molecule has 2 heterocycles. The number of hydrogen-bond acceptors (Lipinski definition) is 5. The lowest BCUT2D eigenvalue weighted by atomic mass is 9.98. The van der Waals surface area contributed by atoms with Gasteiger partial charge in [0.2, 0.25) is 0 Å². The molecule has 0 unspecified atom stereocenters. The summed E-state index contributed by atoms with van der Waals surface area (Å²) in [5.41, 5.74) is 5.28. The maximum atomic E-state index is 12.3. The summed E-state index contributed by atoms with van der Waals surface area (Å²) >= 11 is 0. The van der Waals surface area contributed by atoms with Crippen molar-refractivity contribution in [2.24, 2.45) is 0 Å². The monoisotopic (exact) mass is 379 g/mol. The minimum Gasteiger partial charge on any atom is -0.496 e. The minimum atomic E-state index is -0.246. The Morgan fingerprint density at radius 2 is 1.96 bits per heavy atom. The van der Waals surface area contributed by atoms with Crippen molar-refractivity contribution in [3.05, 3.63) is 68.6 Å². The molecule has 0 bridgehead atoms. The van der Waals surface area contributed by atoms with Gasteiger partial charge in [0.15, 0.2) is 0 Å². The first-order chi connectivity index (χ1) is 13.5. The predicted molar refractivity (Wildman–Crippen MR) is 109 cm³/mol. The molecule has 0 radical (unpaired) electrons. The van der Waals surface area contributed by atoms with Crippen LogP contribution in [0.3, 0.4) is 0 Å². The second kappa shape index (κ2) is 7.32. The van der Waals surface area contributed by atoms with Gasteiger partial charge in [-0.05, 0) is 38.0 Å². The van der Waals surface area contributed by atoms with E-state index >= 15 is 0 Å². The van der Waals surface area contributed by atoms with Gasteiger partial charge in [0.1, 0.15) is 23.8 Å². The number of benzene rings is 2. The Morgan fingerprint density at radius 1 is 1.18 bits per heavy atom. The summed E-state index contributed by atoms with van der Waals surface area (Å²) in [5.74, 6) is 1.71. The summed E-state index contributed by atoms with van der Waals surface area (Å²) < 4.78 is 17.2. The normalized spacial score (nSPS) is 14.0. The van der Waals surface area contributed by atoms with Crippen molar-refractivity contribution in [1.29, 1.82) is 0 Å². The second-order valence-electron chi connectivity index (χ2n) is 7.29. The third kappa shape index (κ3) is 3.06. The van der Waals surface area contributed by atoms with Gasteiger partial charge in [-0.1, -0.05) is 25.1 Å². The van der Waals surface area contributed by atoms with E-state index in [1.807, 2.05) is 39.0 Å². The highest BCUT2D eigenvalue weighted by Crippen LogP contribution is 2.36. The molecule has 0 N–H and O–H groups in total.